The van der Waals surface area contributed by atoms with Gasteiger partial charge in [0.15, 0.2) is 0 Å². The second-order valence-electron chi connectivity index (χ2n) is 8.86. The molecular formula is C25H51NO3. The van der Waals surface area contributed by atoms with E-state index >= 15 is 0 Å². The first kappa shape index (κ1) is 28.4. The van der Waals surface area contributed by atoms with Gasteiger partial charge in [0.2, 0.25) is 5.91 Å². The van der Waals surface area contributed by atoms with Crippen LogP contribution < -0.4 is 5.32 Å². The molecule has 4 nitrogen and oxygen atoms in total. The summed E-state index contributed by atoms with van der Waals surface area (Å²) in [5, 5.41) is 21.8. The average Bonchev–Trinajstić information content (AvgIpc) is 2.70. The van der Waals surface area contributed by atoms with Crippen molar-refractivity contribution in [3.8, 4) is 0 Å². The van der Waals surface area contributed by atoms with E-state index in [1.807, 2.05) is 0 Å². The van der Waals surface area contributed by atoms with Gasteiger partial charge in [-0.25, -0.2) is 0 Å². The van der Waals surface area contributed by atoms with Crippen molar-refractivity contribution in [2.24, 2.45) is 0 Å². The van der Waals surface area contributed by atoms with Gasteiger partial charge in [-0.05, 0) is 6.42 Å². The molecule has 0 aromatic heterocycles. The number of carbonyl (C=O) groups is 1. The predicted octanol–water partition coefficient (Wildman–Crippen LogP) is 6.28. The van der Waals surface area contributed by atoms with Crippen LogP contribution in [0.5, 0.6) is 0 Å². The molecule has 0 aliphatic heterocycles. The molecule has 0 aromatic carbocycles. The monoisotopic (exact) mass is 413 g/mol. The lowest BCUT2D eigenvalue weighted by molar-refractivity contribution is -0.121. The molecule has 0 heterocycles. The van der Waals surface area contributed by atoms with Crippen LogP contribution in [0, 0.1) is 0 Å². The van der Waals surface area contributed by atoms with E-state index in [4.69, 9.17) is 0 Å². The van der Waals surface area contributed by atoms with Crippen molar-refractivity contribution in [1.29, 1.82) is 0 Å². The fraction of sp³-hybridized carbons (Fsp3) is 0.960. The van der Waals surface area contributed by atoms with Crippen molar-refractivity contribution in [2.75, 3.05) is 6.61 Å². The van der Waals surface area contributed by atoms with E-state index in [2.05, 4.69) is 12.2 Å². The number of hydrogen-bond donors (Lipinski definition) is 3. The quantitative estimate of drug-likeness (QED) is 0.183. The van der Waals surface area contributed by atoms with Gasteiger partial charge in [0.05, 0.1) is 18.8 Å². The Bertz CT molecular complexity index is 349. The summed E-state index contributed by atoms with van der Waals surface area (Å²) < 4.78 is 0. The van der Waals surface area contributed by atoms with Gasteiger partial charge >= 0.3 is 0 Å². The van der Waals surface area contributed by atoms with Gasteiger partial charge in [-0.1, -0.05) is 122 Å². The first-order chi connectivity index (χ1) is 14.1. The van der Waals surface area contributed by atoms with Gasteiger partial charge in [0, 0.05) is 6.92 Å². The molecule has 0 rings (SSSR count). The zero-order valence-electron chi connectivity index (χ0n) is 19.6. The van der Waals surface area contributed by atoms with Crippen molar-refractivity contribution in [3.63, 3.8) is 0 Å². The van der Waals surface area contributed by atoms with Gasteiger partial charge in [-0.3, -0.25) is 4.79 Å². The van der Waals surface area contributed by atoms with E-state index < -0.39 is 12.1 Å². The number of aliphatic hydroxyl groups excluding tert-OH is 2. The van der Waals surface area contributed by atoms with E-state index in [0.29, 0.717) is 6.42 Å². The van der Waals surface area contributed by atoms with Gasteiger partial charge in [0.25, 0.3) is 0 Å². The summed E-state index contributed by atoms with van der Waals surface area (Å²) in [6, 6.07) is -0.529. The number of amides is 1. The van der Waals surface area contributed by atoms with Crippen LogP contribution in [0.25, 0.3) is 0 Å². The van der Waals surface area contributed by atoms with Crippen molar-refractivity contribution in [3.05, 3.63) is 0 Å². The standard InChI is InChI=1S/C25H51NO3/c1-3-4-5-6-7-8-9-10-11-12-13-14-15-16-17-18-19-20-21-25(29)24(22-27)26-23(2)28/h24-25,27,29H,3-22H2,1-2H3,(H,26,28). The van der Waals surface area contributed by atoms with Crippen LogP contribution in [-0.2, 0) is 4.79 Å². The van der Waals surface area contributed by atoms with Gasteiger partial charge < -0.3 is 15.5 Å². The number of rotatable bonds is 22. The van der Waals surface area contributed by atoms with Crippen LogP contribution >= 0.6 is 0 Å². The summed E-state index contributed by atoms with van der Waals surface area (Å²) in [6.07, 6.45) is 24.2. The molecule has 2 atom stereocenters. The Morgan fingerprint density at radius 2 is 1.03 bits per heavy atom. The molecule has 0 spiro atoms. The number of carbonyl (C=O) groups excluding carboxylic acids is 1. The summed E-state index contributed by atoms with van der Waals surface area (Å²) in [5.41, 5.74) is 0. The Labute approximate surface area is 181 Å². The minimum atomic E-state index is -0.648. The molecule has 2 unspecified atom stereocenters. The fourth-order valence-electron chi connectivity index (χ4n) is 3.98. The molecule has 0 aromatic rings. The Morgan fingerprint density at radius 3 is 1.34 bits per heavy atom. The normalized spacial score (nSPS) is 13.4. The van der Waals surface area contributed by atoms with E-state index in [9.17, 15) is 15.0 Å². The molecule has 0 radical (unpaired) electrons. The molecule has 0 saturated carbocycles. The number of aliphatic hydroxyl groups is 2. The highest BCUT2D eigenvalue weighted by atomic mass is 16.3. The van der Waals surface area contributed by atoms with Gasteiger partial charge in [0.1, 0.15) is 0 Å². The van der Waals surface area contributed by atoms with Gasteiger partial charge in [-0.2, -0.15) is 0 Å². The summed E-state index contributed by atoms with van der Waals surface area (Å²) >= 11 is 0. The Hall–Kier alpha value is -0.610. The molecule has 0 bridgehead atoms. The number of hydrogen-bond acceptors (Lipinski definition) is 3. The third kappa shape index (κ3) is 20.4. The Morgan fingerprint density at radius 1 is 0.690 bits per heavy atom. The number of nitrogens with one attached hydrogen (secondary N) is 1. The molecule has 0 fully saturated rings. The topological polar surface area (TPSA) is 69.6 Å². The van der Waals surface area contributed by atoms with Crippen LogP contribution in [0.15, 0.2) is 0 Å². The summed E-state index contributed by atoms with van der Waals surface area (Å²) in [4.78, 5) is 11.0. The van der Waals surface area contributed by atoms with Crippen molar-refractivity contribution in [2.45, 2.75) is 148 Å². The second kappa shape index (κ2) is 22.1. The molecule has 29 heavy (non-hydrogen) atoms. The molecule has 174 valence electrons. The van der Waals surface area contributed by atoms with Crippen LogP contribution in [0.1, 0.15) is 136 Å². The highest BCUT2D eigenvalue weighted by Crippen LogP contribution is 2.15. The van der Waals surface area contributed by atoms with Crippen LogP contribution in [0.3, 0.4) is 0 Å². The van der Waals surface area contributed by atoms with E-state index in [1.165, 1.54) is 110 Å². The maximum atomic E-state index is 11.0. The first-order valence-corrected chi connectivity index (χ1v) is 12.7. The van der Waals surface area contributed by atoms with Crippen molar-refractivity contribution < 1.29 is 15.0 Å². The summed E-state index contributed by atoms with van der Waals surface area (Å²) in [6.45, 7) is 3.48. The van der Waals surface area contributed by atoms with Crippen molar-refractivity contribution in [1.82, 2.24) is 5.32 Å². The lowest BCUT2D eigenvalue weighted by atomic mass is 10.0. The zero-order chi connectivity index (χ0) is 21.6. The fourth-order valence-corrected chi connectivity index (χ4v) is 3.98. The first-order valence-electron chi connectivity index (χ1n) is 12.7. The SMILES string of the molecule is CCCCCCCCCCCCCCCCCCCCC(O)C(CO)NC(C)=O. The third-order valence-electron chi connectivity index (χ3n) is 5.90. The maximum Gasteiger partial charge on any atom is 0.217 e. The summed E-state index contributed by atoms with van der Waals surface area (Å²) in [7, 11) is 0. The third-order valence-corrected chi connectivity index (χ3v) is 5.90. The zero-order valence-corrected chi connectivity index (χ0v) is 19.6. The van der Waals surface area contributed by atoms with Crippen LogP contribution in [-0.4, -0.2) is 34.9 Å². The van der Waals surface area contributed by atoms with Gasteiger partial charge in [-0.15, -0.1) is 0 Å². The van der Waals surface area contributed by atoms with Crippen molar-refractivity contribution >= 4 is 5.91 Å². The molecule has 3 N–H and O–H groups in total. The Balaban J connectivity index is 3.25. The minimum Gasteiger partial charge on any atom is -0.394 e. The van der Waals surface area contributed by atoms with Crippen LogP contribution in [0.2, 0.25) is 0 Å². The minimum absolute atomic E-state index is 0.207. The summed E-state index contributed by atoms with van der Waals surface area (Å²) in [5.74, 6) is -0.207. The van der Waals surface area contributed by atoms with Crippen LogP contribution in [0.4, 0.5) is 0 Å². The lowest BCUT2D eigenvalue weighted by Gasteiger charge is -2.21. The van der Waals surface area contributed by atoms with E-state index in [1.54, 1.807) is 0 Å². The second-order valence-corrected chi connectivity index (χ2v) is 8.86. The maximum absolute atomic E-state index is 11.0. The largest absolute Gasteiger partial charge is 0.394 e. The molecular weight excluding hydrogens is 362 g/mol. The average molecular weight is 414 g/mol. The highest BCUT2D eigenvalue weighted by molar-refractivity contribution is 5.73. The molecule has 0 aliphatic carbocycles. The molecule has 0 saturated heterocycles. The highest BCUT2D eigenvalue weighted by Gasteiger charge is 2.18. The molecule has 1 amide bonds. The lowest BCUT2D eigenvalue weighted by Crippen LogP contribution is -2.44. The van der Waals surface area contributed by atoms with E-state index in [0.717, 1.165) is 12.8 Å². The predicted molar refractivity (Wildman–Crippen MR) is 124 cm³/mol. The number of unbranched alkanes of at least 4 members (excludes halogenated alkanes) is 17. The molecule has 4 heteroatoms. The Kier molecular flexibility index (Phi) is 21.6. The molecule has 0 aliphatic rings. The smallest absolute Gasteiger partial charge is 0.217 e. The van der Waals surface area contributed by atoms with E-state index in [-0.39, 0.29) is 12.5 Å².